The van der Waals surface area contributed by atoms with Gasteiger partial charge < -0.3 is 20.1 Å². The van der Waals surface area contributed by atoms with Crippen molar-refractivity contribution >= 4 is 11.8 Å². The summed E-state index contributed by atoms with van der Waals surface area (Å²) in [6, 6.07) is 3.83. The molecule has 0 aromatic carbocycles. The highest BCUT2D eigenvalue weighted by molar-refractivity contribution is 5.94. The summed E-state index contributed by atoms with van der Waals surface area (Å²) >= 11 is 0. The number of hydrogen-bond acceptors (Lipinski definition) is 6. The van der Waals surface area contributed by atoms with Crippen molar-refractivity contribution in [1.82, 2.24) is 20.5 Å². The van der Waals surface area contributed by atoms with Crippen LogP contribution in [0.4, 0.5) is 0 Å². The average molecular weight is 405 g/mol. The number of rotatable bonds is 7. The minimum Gasteiger partial charge on any atom is -0.383 e. The third-order valence-corrected chi connectivity index (χ3v) is 5.73. The smallest absolute Gasteiger partial charge is 0.251 e. The van der Waals surface area contributed by atoms with Crippen LogP contribution in [0.2, 0.25) is 0 Å². The van der Waals surface area contributed by atoms with Crippen LogP contribution in [0.15, 0.2) is 24.5 Å². The quantitative estimate of drug-likeness (QED) is 0.654. The van der Waals surface area contributed by atoms with Crippen molar-refractivity contribution in [2.75, 3.05) is 46.6 Å². The molecule has 3 heterocycles. The van der Waals surface area contributed by atoms with E-state index in [1.807, 2.05) is 0 Å². The van der Waals surface area contributed by atoms with Gasteiger partial charge in [0.25, 0.3) is 5.91 Å². The van der Waals surface area contributed by atoms with E-state index < -0.39 is 0 Å². The summed E-state index contributed by atoms with van der Waals surface area (Å²) in [6.07, 6.45) is 6.69. The topological polar surface area (TPSA) is 92.8 Å². The Hall–Kier alpha value is -2.03. The molecule has 2 fully saturated rings. The molecular weight excluding hydrogens is 372 g/mol. The fraction of sp³-hybridized carbons (Fsp3) is 0.667. The van der Waals surface area contributed by atoms with Crippen LogP contribution >= 0.6 is 0 Å². The molecule has 8 heteroatoms. The zero-order valence-electron chi connectivity index (χ0n) is 17.1. The maximum absolute atomic E-state index is 12.7. The monoisotopic (exact) mass is 404 g/mol. The molecule has 2 N–H and O–H groups in total. The lowest BCUT2D eigenvalue weighted by Gasteiger charge is -2.36. The van der Waals surface area contributed by atoms with E-state index in [0.29, 0.717) is 31.3 Å². The highest BCUT2D eigenvalue weighted by Gasteiger charge is 2.33. The van der Waals surface area contributed by atoms with Gasteiger partial charge >= 0.3 is 0 Å². The highest BCUT2D eigenvalue weighted by Crippen LogP contribution is 2.23. The first-order valence-electron chi connectivity index (χ1n) is 10.5. The number of carbonyl (C=O) groups excluding carboxylic acids is 2. The summed E-state index contributed by atoms with van der Waals surface area (Å²) in [5.74, 6) is -0.106. The molecule has 0 bridgehead atoms. The fourth-order valence-corrected chi connectivity index (χ4v) is 4.10. The number of ether oxygens (including phenoxy) is 2. The maximum atomic E-state index is 12.7. The van der Waals surface area contributed by atoms with Crippen LogP contribution < -0.4 is 10.6 Å². The molecule has 8 nitrogen and oxygen atoms in total. The second-order valence-corrected chi connectivity index (χ2v) is 7.76. The van der Waals surface area contributed by atoms with Gasteiger partial charge in [0.15, 0.2) is 0 Å². The summed E-state index contributed by atoms with van der Waals surface area (Å²) < 4.78 is 10.5. The number of carbonyl (C=O) groups is 2. The van der Waals surface area contributed by atoms with Gasteiger partial charge in [-0.2, -0.15) is 0 Å². The van der Waals surface area contributed by atoms with E-state index >= 15 is 0 Å². The summed E-state index contributed by atoms with van der Waals surface area (Å²) in [7, 11) is 1.63. The number of methoxy groups -OCH3 is 1. The van der Waals surface area contributed by atoms with Gasteiger partial charge in [0.1, 0.15) is 0 Å². The second kappa shape index (κ2) is 11.2. The summed E-state index contributed by atoms with van der Waals surface area (Å²) in [4.78, 5) is 31.7. The predicted molar refractivity (Wildman–Crippen MR) is 109 cm³/mol. The van der Waals surface area contributed by atoms with Crippen molar-refractivity contribution in [3.8, 4) is 0 Å². The minimum atomic E-state index is -0.0904. The van der Waals surface area contributed by atoms with E-state index in [4.69, 9.17) is 9.47 Å². The molecule has 0 saturated carbocycles. The lowest BCUT2D eigenvalue weighted by atomic mass is 10.00. The number of pyridine rings is 1. The van der Waals surface area contributed by atoms with Crippen molar-refractivity contribution < 1.29 is 19.1 Å². The molecule has 160 valence electrons. The molecule has 2 amide bonds. The van der Waals surface area contributed by atoms with Gasteiger partial charge in [-0.05, 0) is 37.8 Å². The van der Waals surface area contributed by atoms with Gasteiger partial charge in [-0.1, -0.05) is 0 Å². The Morgan fingerprint density at radius 3 is 2.66 bits per heavy atom. The van der Waals surface area contributed by atoms with Crippen LogP contribution in [0.1, 0.15) is 36.0 Å². The second-order valence-electron chi connectivity index (χ2n) is 7.76. The zero-order chi connectivity index (χ0) is 20.5. The molecule has 0 radical (unpaired) electrons. The molecule has 0 unspecified atom stereocenters. The summed E-state index contributed by atoms with van der Waals surface area (Å²) in [5, 5.41) is 6.14. The summed E-state index contributed by atoms with van der Waals surface area (Å²) in [6.45, 7) is 3.99. The Morgan fingerprint density at radius 1 is 1.17 bits per heavy atom. The van der Waals surface area contributed by atoms with Crippen LogP contribution in [0, 0.1) is 5.92 Å². The van der Waals surface area contributed by atoms with E-state index in [-0.39, 0.29) is 23.8 Å². The van der Waals surface area contributed by atoms with Crippen LogP contribution in [0.3, 0.4) is 0 Å². The normalized spacial score (nSPS) is 23.9. The Bertz CT molecular complexity index is 651. The van der Waals surface area contributed by atoms with Gasteiger partial charge in [0, 0.05) is 70.0 Å². The van der Waals surface area contributed by atoms with Crippen molar-refractivity contribution in [1.29, 1.82) is 0 Å². The van der Waals surface area contributed by atoms with E-state index in [9.17, 15) is 9.59 Å². The average Bonchev–Trinajstić information content (AvgIpc) is 2.98. The molecule has 29 heavy (non-hydrogen) atoms. The van der Waals surface area contributed by atoms with Crippen molar-refractivity contribution in [2.45, 2.75) is 37.8 Å². The largest absolute Gasteiger partial charge is 0.383 e. The number of aromatic nitrogens is 1. The minimum absolute atomic E-state index is 0.00952. The molecular formula is C21H32N4O4. The zero-order valence-corrected chi connectivity index (χ0v) is 17.1. The number of nitrogens with zero attached hydrogens (tertiary/aromatic N) is 2. The number of hydrogen-bond donors (Lipinski definition) is 2. The molecule has 1 aromatic heterocycles. The lowest BCUT2D eigenvalue weighted by molar-refractivity contribution is -0.126. The van der Waals surface area contributed by atoms with E-state index in [1.165, 1.54) is 0 Å². The molecule has 2 aliphatic rings. The first-order valence-corrected chi connectivity index (χ1v) is 10.5. The van der Waals surface area contributed by atoms with Gasteiger partial charge in [-0.25, -0.2) is 0 Å². The van der Waals surface area contributed by atoms with E-state index in [0.717, 1.165) is 45.4 Å². The first kappa shape index (κ1) is 21.7. The van der Waals surface area contributed by atoms with Crippen molar-refractivity contribution in [2.24, 2.45) is 5.92 Å². The third kappa shape index (κ3) is 6.48. The van der Waals surface area contributed by atoms with E-state index in [2.05, 4.69) is 20.5 Å². The molecule has 2 saturated heterocycles. The summed E-state index contributed by atoms with van der Waals surface area (Å²) in [5.41, 5.74) is 0.607. The maximum Gasteiger partial charge on any atom is 0.251 e. The lowest BCUT2D eigenvalue weighted by Crippen LogP contribution is -2.49. The van der Waals surface area contributed by atoms with Crippen LogP contribution in [-0.4, -0.2) is 80.3 Å². The van der Waals surface area contributed by atoms with Gasteiger partial charge in [-0.15, -0.1) is 0 Å². The number of nitrogens with one attached hydrogen (secondary N) is 2. The Morgan fingerprint density at radius 2 is 1.93 bits per heavy atom. The number of amides is 2. The van der Waals surface area contributed by atoms with Crippen LogP contribution in [0.5, 0.6) is 0 Å². The molecule has 1 aromatic rings. The Balaban J connectivity index is 1.65. The van der Waals surface area contributed by atoms with Crippen LogP contribution in [0.25, 0.3) is 0 Å². The molecule has 2 aliphatic heterocycles. The van der Waals surface area contributed by atoms with Crippen LogP contribution in [-0.2, 0) is 14.3 Å². The SMILES string of the molecule is COCCNC(=O)[C@@H]1CC[C@H](NC(=O)c2ccncc2)CN(C2CCOCC2)C1. The Kier molecular flexibility index (Phi) is 8.39. The molecule has 3 rings (SSSR count). The van der Waals surface area contributed by atoms with Crippen molar-refractivity contribution in [3.63, 3.8) is 0 Å². The molecule has 0 spiro atoms. The van der Waals surface area contributed by atoms with Crippen molar-refractivity contribution in [3.05, 3.63) is 30.1 Å². The van der Waals surface area contributed by atoms with Gasteiger partial charge in [-0.3, -0.25) is 19.5 Å². The Labute approximate surface area is 172 Å². The van der Waals surface area contributed by atoms with Gasteiger partial charge in [0.2, 0.25) is 5.91 Å². The molecule has 2 atom stereocenters. The fourth-order valence-electron chi connectivity index (χ4n) is 4.10. The third-order valence-electron chi connectivity index (χ3n) is 5.73. The number of likely N-dealkylation sites (tertiary alicyclic amines) is 1. The highest BCUT2D eigenvalue weighted by atomic mass is 16.5. The first-order chi connectivity index (χ1) is 14.2. The van der Waals surface area contributed by atoms with E-state index in [1.54, 1.807) is 31.6 Å². The predicted octanol–water partition coefficient (Wildman–Crippen LogP) is 0.834. The standard InChI is InChI=1S/C21H32N4O4/c1-28-13-10-23-20(26)17-2-3-18(24-21(27)16-4-8-22-9-5-16)15-25(14-17)19-6-11-29-12-7-19/h4-5,8-9,17-19H,2-3,6-7,10-15H2,1H3,(H,23,26)(H,24,27)/t17-,18+/m1/s1. The van der Waals surface area contributed by atoms with Gasteiger partial charge in [0.05, 0.1) is 12.5 Å². The molecule has 0 aliphatic carbocycles.